The van der Waals surface area contributed by atoms with Gasteiger partial charge in [0.25, 0.3) is 0 Å². The number of nitrogens with zero attached hydrogens (tertiary/aromatic N) is 2. The van der Waals surface area contributed by atoms with Gasteiger partial charge >= 0.3 is 0 Å². The van der Waals surface area contributed by atoms with Gasteiger partial charge in [0.1, 0.15) is 0 Å². The van der Waals surface area contributed by atoms with E-state index in [4.69, 9.17) is 4.74 Å². The molecule has 1 aromatic rings. The Kier molecular flexibility index (Phi) is 5.39. The molecule has 1 aromatic heterocycles. The minimum Gasteiger partial charge on any atom is -0.376 e. The highest BCUT2D eigenvalue weighted by Crippen LogP contribution is 2.15. The molecule has 0 spiro atoms. The molecule has 1 atom stereocenters. The van der Waals surface area contributed by atoms with Crippen LogP contribution in [0.2, 0.25) is 0 Å². The number of hydrogen-bond acceptors (Lipinski definition) is 3. The Morgan fingerprint density at radius 1 is 1.48 bits per heavy atom. The first-order valence-corrected chi connectivity index (χ1v) is 7.88. The molecule has 0 aliphatic carbocycles. The lowest BCUT2D eigenvalue weighted by molar-refractivity contribution is -0.120. The molecular formula is C16H27N3O2. The van der Waals surface area contributed by atoms with E-state index in [9.17, 15) is 4.79 Å². The van der Waals surface area contributed by atoms with E-state index in [2.05, 4.69) is 24.3 Å². The fourth-order valence-electron chi connectivity index (χ4n) is 2.77. The molecule has 0 aromatic carbocycles. The van der Waals surface area contributed by atoms with Crippen molar-refractivity contribution < 1.29 is 9.53 Å². The molecule has 1 fully saturated rings. The zero-order valence-electron chi connectivity index (χ0n) is 13.6. The van der Waals surface area contributed by atoms with Crippen LogP contribution in [-0.2, 0) is 22.5 Å². The lowest BCUT2D eigenvalue weighted by Crippen LogP contribution is -2.33. The van der Waals surface area contributed by atoms with Gasteiger partial charge in [-0.25, -0.2) is 0 Å². The van der Waals surface area contributed by atoms with Crippen molar-refractivity contribution >= 4 is 5.91 Å². The predicted octanol–water partition coefficient (Wildman–Crippen LogP) is 1.99. The highest BCUT2D eigenvalue weighted by molar-refractivity contribution is 5.79. The van der Waals surface area contributed by atoms with Crippen molar-refractivity contribution in [1.29, 1.82) is 0 Å². The van der Waals surface area contributed by atoms with Crippen molar-refractivity contribution in [2.45, 2.75) is 59.6 Å². The highest BCUT2D eigenvalue weighted by Gasteiger charge is 2.18. The van der Waals surface area contributed by atoms with E-state index in [0.717, 1.165) is 42.9 Å². The quantitative estimate of drug-likeness (QED) is 0.872. The number of nitrogens with one attached hydrogen (secondary N) is 1. The van der Waals surface area contributed by atoms with Crippen LogP contribution in [0.5, 0.6) is 0 Å². The second-order valence-electron chi connectivity index (χ2n) is 6.34. The molecule has 21 heavy (non-hydrogen) atoms. The van der Waals surface area contributed by atoms with Crippen LogP contribution in [-0.4, -0.2) is 34.9 Å². The maximum Gasteiger partial charge on any atom is 0.224 e. The Hall–Kier alpha value is -1.36. The zero-order valence-corrected chi connectivity index (χ0v) is 13.6. The van der Waals surface area contributed by atoms with Crippen molar-refractivity contribution in [2.24, 2.45) is 5.92 Å². The third-order valence-corrected chi connectivity index (χ3v) is 3.96. The Morgan fingerprint density at radius 3 is 2.86 bits per heavy atom. The fraction of sp³-hybridized carbons (Fsp3) is 0.750. The molecule has 0 radical (unpaired) electrons. The Morgan fingerprint density at radius 2 is 2.24 bits per heavy atom. The van der Waals surface area contributed by atoms with Crippen LogP contribution in [0.25, 0.3) is 0 Å². The predicted molar refractivity (Wildman–Crippen MR) is 82.2 cm³/mol. The van der Waals surface area contributed by atoms with Crippen LogP contribution in [0.1, 0.15) is 43.6 Å². The summed E-state index contributed by atoms with van der Waals surface area (Å²) < 4.78 is 7.53. The highest BCUT2D eigenvalue weighted by atomic mass is 16.5. The van der Waals surface area contributed by atoms with Gasteiger partial charge in [0.2, 0.25) is 5.91 Å². The molecule has 1 unspecified atom stereocenters. The molecule has 1 saturated heterocycles. The Bertz CT molecular complexity index is 488. The number of carbonyl (C=O) groups is 1. The molecule has 2 heterocycles. The second kappa shape index (κ2) is 7.07. The standard InChI is InChI=1S/C16H27N3O2/c1-11(2)10-19-13(4)15(12(3)18-19)8-16(20)17-9-14-6-5-7-21-14/h11,14H,5-10H2,1-4H3,(H,17,20). The van der Waals surface area contributed by atoms with Crippen molar-refractivity contribution in [3.63, 3.8) is 0 Å². The molecule has 1 N–H and O–H groups in total. The van der Waals surface area contributed by atoms with E-state index in [0.29, 0.717) is 18.9 Å². The summed E-state index contributed by atoms with van der Waals surface area (Å²) in [7, 11) is 0. The number of rotatable bonds is 6. The van der Waals surface area contributed by atoms with Gasteiger partial charge < -0.3 is 10.1 Å². The first kappa shape index (κ1) is 16.0. The van der Waals surface area contributed by atoms with Gasteiger partial charge in [0.15, 0.2) is 0 Å². The molecule has 118 valence electrons. The average Bonchev–Trinajstić information content (AvgIpc) is 3.00. The number of carbonyl (C=O) groups excluding carboxylic acids is 1. The maximum absolute atomic E-state index is 12.1. The fourth-order valence-corrected chi connectivity index (χ4v) is 2.77. The second-order valence-corrected chi connectivity index (χ2v) is 6.34. The first-order valence-electron chi connectivity index (χ1n) is 7.88. The Labute approximate surface area is 127 Å². The lowest BCUT2D eigenvalue weighted by Gasteiger charge is -2.11. The van der Waals surface area contributed by atoms with Gasteiger partial charge in [0.05, 0.1) is 18.2 Å². The normalized spacial score (nSPS) is 18.4. The number of aryl methyl sites for hydroxylation is 1. The van der Waals surface area contributed by atoms with Crippen LogP contribution >= 0.6 is 0 Å². The van der Waals surface area contributed by atoms with Crippen LogP contribution in [0.3, 0.4) is 0 Å². The number of hydrogen-bond donors (Lipinski definition) is 1. The van der Waals surface area contributed by atoms with Crippen molar-refractivity contribution in [3.05, 3.63) is 17.0 Å². The molecule has 1 amide bonds. The van der Waals surface area contributed by atoms with E-state index < -0.39 is 0 Å². The molecular weight excluding hydrogens is 266 g/mol. The van der Waals surface area contributed by atoms with Gasteiger partial charge in [-0.15, -0.1) is 0 Å². The molecule has 5 heteroatoms. The molecule has 0 bridgehead atoms. The SMILES string of the molecule is Cc1nn(CC(C)C)c(C)c1CC(=O)NCC1CCCO1. The molecule has 2 rings (SSSR count). The number of ether oxygens (including phenoxy) is 1. The summed E-state index contributed by atoms with van der Waals surface area (Å²) in [5, 5.41) is 7.53. The van der Waals surface area contributed by atoms with Crippen molar-refractivity contribution in [3.8, 4) is 0 Å². The summed E-state index contributed by atoms with van der Waals surface area (Å²) >= 11 is 0. The molecule has 5 nitrogen and oxygen atoms in total. The van der Waals surface area contributed by atoms with Gasteiger partial charge in [-0.2, -0.15) is 5.10 Å². The van der Waals surface area contributed by atoms with Crippen LogP contribution < -0.4 is 5.32 Å². The Balaban J connectivity index is 1.92. The van der Waals surface area contributed by atoms with Crippen LogP contribution in [0, 0.1) is 19.8 Å². The minimum absolute atomic E-state index is 0.0563. The summed E-state index contributed by atoms with van der Waals surface area (Å²) in [5.41, 5.74) is 3.12. The average molecular weight is 293 g/mol. The zero-order chi connectivity index (χ0) is 15.4. The summed E-state index contributed by atoms with van der Waals surface area (Å²) in [6.07, 6.45) is 2.74. The van der Waals surface area contributed by atoms with E-state index in [1.807, 2.05) is 18.5 Å². The lowest BCUT2D eigenvalue weighted by atomic mass is 10.1. The third kappa shape index (κ3) is 4.30. The summed E-state index contributed by atoms with van der Waals surface area (Å²) in [5.74, 6) is 0.602. The van der Waals surface area contributed by atoms with Crippen LogP contribution in [0.15, 0.2) is 0 Å². The smallest absolute Gasteiger partial charge is 0.224 e. The van der Waals surface area contributed by atoms with E-state index in [-0.39, 0.29) is 12.0 Å². The van der Waals surface area contributed by atoms with E-state index in [1.165, 1.54) is 0 Å². The van der Waals surface area contributed by atoms with Crippen molar-refractivity contribution in [2.75, 3.05) is 13.2 Å². The largest absolute Gasteiger partial charge is 0.376 e. The number of amides is 1. The maximum atomic E-state index is 12.1. The summed E-state index contributed by atoms with van der Waals surface area (Å²) in [6.45, 7) is 10.7. The molecule has 0 saturated carbocycles. The summed E-state index contributed by atoms with van der Waals surface area (Å²) in [6, 6.07) is 0. The van der Waals surface area contributed by atoms with Gasteiger partial charge in [0, 0.05) is 31.0 Å². The van der Waals surface area contributed by atoms with Crippen molar-refractivity contribution in [1.82, 2.24) is 15.1 Å². The van der Waals surface area contributed by atoms with Gasteiger partial charge in [-0.3, -0.25) is 9.48 Å². The van der Waals surface area contributed by atoms with Gasteiger partial charge in [-0.1, -0.05) is 13.8 Å². The summed E-state index contributed by atoms with van der Waals surface area (Å²) in [4.78, 5) is 12.1. The van der Waals surface area contributed by atoms with Gasteiger partial charge in [-0.05, 0) is 32.6 Å². The molecule has 1 aliphatic rings. The number of aromatic nitrogens is 2. The van der Waals surface area contributed by atoms with E-state index >= 15 is 0 Å². The first-order chi connectivity index (χ1) is 9.97. The molecule has 1 aliphatic heterocycles. The van der Waals surface area contributed by atoms with Crippen LogP contribution in [0.4, 0.5) is 0 Å². The topological polar surface area (TPSA) is 56.2 Å². The third-order valence-electron chi connectivity index (χ3n) is 3.96. The monoisotopic (exact) mass is 293 g/mol. The van der Waals surface area contributed by atoms with E-state index in [1.54, 1.807) is 0 Å². The minimum atomic E-state index is 0.0563.